The van der Waals surface area contributed by atoms with Gasteiger partial charge in [0.25, 0.3) is 0 Å². The van der Waals surface area contributed by atoms with Crippen molar-refractivity contribution in [1.82, 2.24) is 15.0 Å². The Morgan fingerprint density at radius 2 is 2.27 bits per heavy atom. The number of hydrogen-bond donors (Lipinski definition) is 0. The molecule has 0 fully saturated rings. The largest absolute Gasteiger partial charge is 0.378 e. The molecule has 0 aliphatic heterocycles. The molecule has 0 saturated carbocycles. The minimum atomic E-state index is 0.542. The number of rotatable bonds is 3. The van der Waals surface area contributed by atoms with E-state index in [0.29, 0.717) is 6.61 Å². The van der Waals surface area contributed by atoms with Crippen molar-refractivity contribution in [3.8, 4) is 10.7 Å². The molecule has 0 bridgehead atoms. The second kappa shape index (κ2) is 4.46. The highest BCUT2D eigenvalue weighted by atomic mass is 32.1. The van der Waals surface area contributed by atoms with Gasteiger partial charge in [-0.3, -0.25) is 0 Å². The van der Waals surface area contributed by atoms with Crippen molar-refractivity contribution in [2.75, 3.05) is 7.11 Å². The highest BCUT2D eigenvalue weighted by Gasteiger charge is 2.05. The van der Waals surface area contributed by atoms with Crippen LogP contribution < -0.4 is 0 Å². The van der Waals surface area contributed by atoms with Gasteiger partial charge in [-0.05, 0) is 13.0 Å². The van der Waals surface area contributed by atoms with Crippen LogP contribution in [0.15, 0.2) is 17.6 Å². The van der Waals surface area contributed by atoms with E-state index in [1.807, 2.05) is 18.4 Å². The van der Waals surface area contributed by atoms with Crippen molar-refractivity contribution in [2.24, 2.45) is 0 Å². The highest BCUT2D eigenvalue weighted by Crippen LogP contribution is 2.21. The summed E-state index contributed by atoms with van der Waals surface area (Å²) in [6, 6.07) is 1.86. The van der Waals surface area contributed by atoms with E-state index in [0.717, 1.165) is 22.2 Å². The van der Waals surface area contributed by atoms with Gasteiger partial charge in [-0.2, -0.15) is 0 Å². The first-order valence-corrected chi connectivity index (χ1v) is 5.41. The van der Waals surface area contributed by atoms with Gasteiger partial charge in [0.1, 0.15) is 16.5 Å². The van der Waals surface area contributed by atoms with E-state index in [2.05, 4.69) is 15.0 Å². The van der Waals surface area contributed by atoms with Crippen molar-refractivity contribution < 1.29 is 4.74 Å². The predicted octanol–water partition coefficient (Wildman–Crippen LogP) is 2.05. The summed E-state index contributed by atoms with van der Waals surface area (Å²) in [4.78, 5) is 12.8. The van der Waals surface area contributed by atoms with Crippen molar-refractivity contribution >= 4 is 11.3 Å². The van der Waals surface area contributed by atoms with Crippen LogP contribution in [-0.4, -0.2) is 22.1 Å². The molecule has 5 heteroatoms. The van der Waals surface area contributed by atoms with E-state index < -0.39 is 0 Å². The Hall–Kier alpha value is -1.33. The van der Waals surface area contributed by atoms with E-state index in [1.54, 1.807) is 24.6 Å². The Labute approximate surface area is 92.0 Å². The third-order valence-corrected chi connectivity index (χ3v) is 2.75. The van der Waals surface area contributed by atoms with Crippen LogP contribution in [0, 0.1) is 6.92 Å². The summed E-state index contributed by atoms with van der Waals surface area (Å²) in [5, 5.41) is 2.89. The van der Waals surface area contributed by atoms with Crippen LogP contribution in [0.4, 0.5) is 0 Å². The monoisotopic (exact) mass is 221 g/mol. The average molecular weight is 221 g/mol. The fraction of sp³-hybridized carbons (Fsp3) is 0.300. The molecule has 0 unspecified atom stereocenters. The second-order valence-electron chi connectivity index (χ2n) is 3.07. The molecule has 0 aromatic carbocycles. The normalized spacial score (nSPS) is 10.5. The van der Waals surface area contributed by atoms with Gasteiger partial charge < -0.3 is 4.74 Å². The summed E-state index contributed by atoms with van der Waals surface area (Å²) in [5.74, 6) is 0.760. The number of methoxy groups -OCH3 is 1. The maximum Gasteiger partial charge on any atom is 0.142 e. The highest BCUT2D eigenvalue weighted by molar-refractivity contribution is 7.13. The van der Waals surface area contributed by atoms with Crippen molar-refractivity contribution in [1.29, 1.82) is 0 Å². The van der Waals surface area contributed by atoms with Crippen LogP contribution in [0.3, 0.4) is 0 Å². The topological polar surface area (TPSA) is 47.9 Å². The number of thiazole rings is 1. The van der Waals surface area contributed by atoms with Gasteiger partial charge in [0.05, 0.1) is 12.3 Å². The lowest BCUT2D eigenvalue weighted by Crippen LogP contribution is -1.91. The molecule has 2 rings (SSSR count). The van der Waals surface area contributed by atoms with Crippen LogP contribution in [-0.2, 0) is 11.3 Å². The number of aromatic nitrogens is 3. The molecular formula is C10H11N3OS. The third-order valence-electron chi connectivity index (χ3n) is 1.84. The molecule has 0 amide bonds. The Morgan fingerprint density at radius 1 is 1.40 bits per heavy atom. The zero-order valence-corrected chi connectivity index (χ0v) is 9.41. The molecule has 15 heavy (non-hydrogen) atoms. The number of ether oxygens (including phenoxy) is 1. The molecule has 2 aromatic heterocycles. The maximum atomic E-state index is 5.01. The quantitative estimate of drug-likeness (QED) is 0.796. The zero-order valence-electron chi connectivity index (χ0n) is 8.60. The fourth-order valence-electron chi connectivity index (χ4n) is 1.21. The first-order valence-electron chi connectivity index (χ1n) is 4.53. The van der Waals surface area contributed by atoms with Gasteiger partial charge in [-0.25, -0.2) is 15.0 Å². The van der Waals surface area contributed by atoms with Crippen molar-refractivity contribution in [3.63, 3.8) is 0 Å². The Morgan fingerprint density at radius 3 is 3.00 bits per heavy atom. The van der Waals surface area contributed by atoms with Crippen molar-refractivity contribution in [3.05, 3.63) is 29.2 Å². The lowest BCUT2D eigenvalue weighted by Gasteiger charge is -1.96. The first-order chi connectivity index (χ1) is 7.29. The number of nitrogens with zero attached hydrogens (tertiary/aromatic N) is 3. The van der Waals surface area contributed by atoms with Crippen LogP contribution in [0.25, 0.3) is 10.7 Å². The smallest absolute Gasteiger partial charge is 0.142 e. The summed E-state index contributed by atoms with van der Waals surface area (Å²) in [7, 11) is 1.66. The molecule has 2 heterocycles. The maximum absolute atomic E-state index is 5.01. The molecule has 2 aromatic rings. The first kappa shape index (κ1) is 10.2. The molecule has 0 spiro atoms. The van der Waals surface area contributed by atoms with E-state index in [4.69, 9.17) is 4.74 Å². The van der Waals surface area contributed by atoms with Crippen LogP contribution >= 0.6 is 11.3 Å². The zero-order chi connectivity index (χ0) is 10.7. The SMILES string of the molecule is COCc1csc(-c2ccnc(C)n2)n1. The van der Waals surface area contributed by atoms with E-state index >= 15 is 0 Å². The number of aryl methyl sites for hydroxylation is 1. The lowest BCUT2D eigenvalue weighted by molar-refractivity contribution is 0.182. The molecule has 0 aliphatic carbocycles. The molecule has 0 aliphatic rings. The molecule has 0 saturated heterocycles. The molecule has 78 valence electrons. The van der Waals surface area contributed by atoms with Gasteiger partial charge in [0, 0.05) is 18.7 Å². The van der Waals surface area contributed by atoms with Gasteiger partial charge in [-0.15, -0.1) is 11.3 Å². The fourth-order valence-corrected chi connectivity index (χ4v) is 1.99. The second-order valence-corrected chi connectivity index (χ2v) is 3.92. The lowest BCUT2D eigenvalue weighted by atomic mass is 10.4. The average Bonchev–Trinajstić information content (AvgIpc) is 2.67. The Balaban J connectivity index is 2.29. The van der Waals surface area contributed by atoms with Crippen LogP contribution in [0.1, 0.15) is 11.5 Å². The molecule has 0 atom stereocenters. The summed E-state index contributed by atoms with van der Waals surface area (Å²) < 4.78 is 5.01. The van der Waals surface area contributed by atoms with E-state index in [9.17, 15) is 0 Å². The van der Waals surface area contributed by atoms with Gasteiger partial charge >= 0.3 is 0 Å². The minimum absolute atomic E-state index is 0.542. The summed E-state index contributed by atoms with van der Waals surface area (Å²) in [5.41, 5.74) is 1.81. The molecule has 4 nitrogen and oxygen atoms in total. The minimum Gasteiger partial charge on any atom is -0.378 e. The summed E-state index contributed by atoms with van der Waals surface area (Å²) >= 11 is 1.57. The summed E-state index contributed by atoms with van der Waals surface area (Å²) in [6.07, 6.45) is 1.75. The Kier molecular flexibility index (Phi) is 3.03. The van der Waals surface area contributed by atoms with Crippen LogP contribution in [0.5, 0.6) is 0 Å². The van der Waals surface area contributed by atoms with E-state index in [-0.39, 0.29) is 0 Å². The van der Waals surface area contributed by atoms with Crippen molar-refractivity contribution in [2.45, 2.75) is 13.5 Å². The predicted molar refractivity (Wildman–Crippen MR) is 58.6 cm³/mol. The Bertz CT molecular complexity index is 455. The summed E-state index contributed by atoms with van der Waals surface area (Å²) in [6.45, 7) is 2.41. The molecule has 0 radical (unpaired) electrons. The van der Waals surface area contributed by atoms with Crippen LogP contribution in [0.2, 0.25) is 0 Å². The standard InChI is InChI=1S/C10H11N3OS/c1-7-11-4-3-9(12-7)10-13-8(5-14-2)6-15-10/h3-4,6H,5H2,1-2H3. The number of hydrogen-bond acceptors (Lipinski definition) is 5. The molecular weight excluding hydrogens is 210 g/mol. The molecule has 0 N–H and O–H groups in total. The van der Waals surface area contributed by atoms with Gasteiger partial charge in [0.15, 0.2) is 0 Å². The third kappa shape index (κ3) is 2.37. The van der Waals surface area contributed by atoms with Gasteiger partial charge in [0.2, 0.25) is 0 Å². The van der Waals surface area contributed by atoms with E-state index in [1.165, 1.54) is 0 Å². The van der Waals surface area contributed by atoms with Gasteiger partial charge in [-0.1, -0.05) is 0 Å².